The lowest BCUT2D eigenvalue weighted by Crippen LogP contribution is -2.18. The number of halogens is 1. The number of nitrogens with one attached hydrogen (secondary N) is 2. The van der Waals surface area contributed by atoms with Gasteiger partial charge in [0.2, 0.25) is 10.0 Å². The Morgan fingerprint density at radius 3 is 2.87 bits per heavy atom. The minimum atomic E-state index is -3.55. The molecule has 0 aliphatic heterocycles. The van der Waals surface area contributed by atoms with Crippen molar-refractivity contribution in [3.63, 3.8) is 0 Å². The second kappa shape index (κ2) is 3.44. The van der Waals surface area contributed by atoms with Crippen LogP contribution in [0.25, 0.3) is 11.0 Å². The summed E-state index contributed by atoms with van der Waals surface area (Å²) in [4.78, 5) is 10.4. The molecule has 0 amide bonds. The third-order valence-electron chi connectivity index (χ3n) is 1.95. The molecule has 0 aliphatic rings. The van der Waals surface area contributed by atoms with Crippen molar-refractivity contribution in [3.8, 4) is 0 Å². The Labute approximate surface area is 90.7 Å². The molecule has 0 aromatic carbocycles. The van der Waals surface area contributed by atoms with E-state index in [0.717, 1.165) is 0 Å². The monoisotopic (exact) mass is 246 g/mol. The molecular weight excluding hydrogens is 240 g/mol. The van der Waals surface area contributed by atoms with Crippen LogP contribution >= 0.6 is 11.6 Å². The molecule has 0 fully saturated rings. The molecule has 0 saturated heterocycles. The second-order valence-electron chi connectivity index (χ2n) is 2.75. The van der Waals surface area contributed by atoms with Crippen LogP contribution in [0.4, 0.5) is 0 Å². The quantitative estimate of drug-likeness (QED) is 0.757. The van der Waals surface area contributed by atoms with E-state index in [1.165, 1.54) is 19.6 Å². The molecule has 2 aromatic rings. The summed E-state index contributed by atoms with van der Waals surface area (Å²) in [5, 5.41) is 0.406. The number of hydrogen-bond donors (Lipinski definition) is 2. The zero-order valence-electron chi connectivity index (χ0n) is 7.65. The first kappa shape index (κ1) is 10.3. The maximum atomic E-state index is 11.6. The van der Waals surface area contributed by atoms with E-state index in [0.29, 0.717) is 11.0 Å². The maximum Gasteiger partial charge on any atom is 0.242 e. The van der Waals surface area contributed by atoms with Gasteiger partial charge in [0, 0.05) is 6.20 Å². The normalized spacial score (nSPS) is 12.1. The fourth-order valence-corrected chi connectivity index (χ4v) is 2.41. The summed E-state index contributed by atoms with van der Waals surface area (Å²) < 4.78 is 25.4. The minimum Gasteiger partial charge on any atom is -0.345 e. The highest BCUT2D eigenvalue weighted by Crippen LogP contribution is 2.25. The number of sulfonamides is 1. The van der Waals surface area contributed by atoms with Gasteiger partial charge < -0.3 is 4.98 Å². The van der Waals surface area contributed by atoms with Crippen LogP contribution < -0.4 is 4.72 Å². The Morgan fingerprint density at radius 1 is 1.47 bits per heavy atom. The molecule has 0 aliphatic carbocycles. The van der Waals surface area contributed by atoms with Crippen LogP contribution in [0.1, 0.15) is 0 Å². The molecule has 0 atom stereocenters. The summed E-state index contributed by atoms with van der Waals surface area (Å²) in [7, 11) is -2.22. The zero-order valence-corrected chi connectivity index (χ0v) is 9.22. The predicted molar refractivity (Wildman–Crippen MR) is 55.1 cm³/mol. The van der Waals surface area contributed by atoms with Gasteiger partial charge in [-0.1, -0.05) is 11.6 Å². The Balaban J connectivity index is 2.85. The number of H-pyrrole nitrogens is 1. The zero-order chi connectivity index (χ0) is 11.1. The number of aromatic amines is 1. The van der Waals surface area contributed by atoms with Crippen LogP contribution in [0, 0.1) is 0 Å². The Morgan fingerprint density at radius 2 is 2.20 bits per heavy atom. The fourth-order valence-electron chi connectivity index (χ4n) is 1.22. The molecular formula is C7H7ClN4O2S. The molecule has 6 nitrogen and oxygen atoms in total. The van der Waals surface area contributed by atoms with E-state index >= 15 is 0 Å². The van der Waals surface area contributed by atoms with Gasteiger partial charge in [0.05, 0.1) is 5.39 Å². The summed E-state index contributed by atoms with van der Waals surface area (Å²) in [5.41, 5.74) is 0.392. The number of aromatic nitrogens is 3. The van der Waals surface area contributed by atoms with E-state index in [4.69, 9.17) is 11.6 Å². The van der Waals surface area contributed by atoms with Crippen molar-refractivity contribution in [3.05, 3.63) is 17.7 Å². The molecule has 0 saturated carbocycles. The van der Waals surface area contributed by atoms with Gasteiger partial charge in [-0.25, -0.2) is 23.1 Å². The second-order valence-corrected chi connectivity index (χ2v) is 4.96. The highest BCUT2D eigenvalue weighted by Gasteiger charge is 2.19. The summed E-state index contributed by atoms with van der Waals surface area (Å²) in [5.74, 6) is 0. The third kappa shape index (κ3) is 1.58. The minimum absolute atomic E-state index is 0.0469. The Bertz CT molecular complexity index is 606. The summed E-state index contributed by atoms with van der Waals surface area (Å²) in [6.07, 6.45) is 2.59. The van der Waals surface area contributed by atoms with Crippen molar-refractivity contribution in [2.24, 2.45) is 0 Å². The van der Waals surface area contributed by atoms with E-state index in [9.17, 15) is 8.42 Å². The van der Waals surface area contributed by atoms with Crippen molar-refractivity contribution < 1.29 is 8.42 Å². The lowest BCUT2D eigenvalue weighted by atomic mass is 10.4. The van der Waals surface area contributed by atoms with Crippen molar-refractivity contribution in [2.75, 3.05) is 7.05 Å². The average Bonchev–Trinajstić information content (AvgIpc) is 2.63. The summed E-state index contributed by atoms with van der Waals surface area (Å²) >= 11 is 5.80. The van der Waals surface area contributed by atoms with Gasteiger partial charge >= 0.3 is 0 Å². The van der Waals surface area contributed by atoms with Crippen LogP contribution in [-0.4, -0.2) is 30.4 Å². The van der Waals surface area contributed by atoms with Gasteiger partial charge in [0.15, 0.2) is 0 Å². The Kier molecular flexibility index (Phi) is 2.37. The van der Waals surface area contributed by atoms with E-state index in [-0.39, 0.29) is 10.0 Å². The van der Waals surface area contributed by atoms with Crippen LogP contribution in [0.5, 0.6) is 0 Å². The molecule has 2 N–H and O–H groups in total. The van der Waals surface area contributed by atoms with Crippen molar-refractivity contribution in [1.29, 1.82) is 0 Å². The largest absolute Gasteiger partial charge is 0.345 e. The van der Waals surface area contributed by atoms with Gasteiger partial charge in [-0.15, -0.1) is 0 Å². The highest BCUT2D eigenvalue weighted by molar-refractivity contribution is 7.89. The molecule has 2 rings (SSSR count). The summed E-state index contributed by atoms with van der Waals surface area (Å²) in [6, 6.07) is 0. The van der Waals surface area contributed by atoms with Gasteiger partial charge in [-0.05, 0) is 7.05 Å². The van der Waals surface area contributed by atoms with E-state index in [1.54, 1.807) is 0 Å². The molecule has 0 spiro atoms. The molecule has 2 aromatic heterocycles. The van der Waals surface area contributed by atoms with E-state index in [1.807, 2.05) is 0 Å². The van der Waals surface area contributed by atoms with E-state index in [2.05, 4.69) is 19.7 Å². The van der Waals surface area contributed by atoms with Gasteiger partial charge in [-0.3, -0.25) is 0 Å². The molecule has 80 valence electrons. The SMILES string of the molecule is CNS(=O)(=O)c1c[nH]c2ncnc(Cl)c12. The lowest BCUT2D eigenvalue weighted by molar-refractivity contribution is 0.589. The van der Waals surface area contributed by atoms with Crippen molar-refractivity contribution in [2.45, 2.75) is 4.90 Å². The molecule has 0 unspecified atom stereocenters. The Hall–Kier alpha value is -1.18. The lowest BCUT2D eigenvalue weighted by Gasteiger charge is -1.99. The van der Waals surface area contributed by atoms with Gasteiger partial charge in [0.1, 0.15) is 22.0 Å². The van der Waals surface area contributed by atoms with E-state index < -0.39 is 10.0 Å². The highest BCUT2D eigenvalue weighted by atomic mass is 35.5. The number of hydrogen-bond acceptors (Lipinski definition) is 4. The molecule has 8 heteroatoms. The van der Waals surface area contributed by atoms with Crippen LogP contribution in [0.2, 0.25) is 5.15 Å². The third-order valence-corrected chi connectivity index (χ3v) is 3.67. The first-order valence-corrected chi connectivity index (χ1v) is 5.83. The van der Waals surface area contributed by atoms with Crippen LogP contribution in [-0.2, 0) is 10.0 Å². The smallest absolute Gasteiger partial charge is 0.242 e. The predicted octanol–water partition coefficient (Wildman–Crippen LogP) is 0.519. The summed E-state index contributed by atoms with van der Waals surface area (Å²) in [6.45, 7) is 0. The standard InChI is InChI=1S/C7H7ClN4O2S/c1-9-15(13,14)4-2-10-7-5(4)6(8)11-3-12-7/h2-3,9H,1H3,(H,10,11,12). The first-order chi connectivity index (χ1) is 7.06. The average molecular weight is 247 g/mol. The van der Waals surface area contributed by atoms with Crippen LogP contribution in [0.15, 0.2) is 17.4 Å². The topological polar surface area (TPSA) is 87.7 Å². The fraction of sp³-hybridized carbons (Fsp3) is 0.143. The van der Waals surface area contributed by atoms with Gasteiger partial charge in [0.25, 0.3) is 0 Å². The first-order valence-electron chi connectivity index (χ1n) is 3.97. The molecule has 2 heterocycles. The number of rotatable bonds is 2. The van der Waals surface area contributed by atoms with Crippen molar-refractivity contribution >= 4 is 32.7 Å². The number of nitrogens with zero attached hydrogens (tertiary/aromatic N) is 2. The maximum absolute atomic E-state index is 11.6. The molecule has 15 heavy (non-hydrogen) atoms. The number of fused-ring (bicyclic) bond motifs is 1. The molecule has 0 radical (unpaired) electrons. The van der Waals surface area contributed by atoms with Gasteiger partial charge in [-0.2, -0.15) is 0 Å². The van der Waals surface area contributed by atoms with Crippen LogP contribution in [0.3, 0.4) is 0 Å². The molecule has 0 bridgehead atoms. The van der Waals surface area contributed by atoms with Crippen molar-refractivity contribution in [1.82, 2.24) is 19.7 Å².